The third-order valence-corrected chi connectivity index (χ3v) is 6.32. The molecule has 3 rings (SSSR count). The van der Waals surface area contributed by atoms with Crippen molar-refractivity contribution in [2.45, 2.75) is 56.8 Å². The third-order valence-electron chi connectivity index (χ3n) is 5.85. The summed E-state index contributed by atoms with van der Waals surface area (Å²) >= 11 is 12.1. The molecule has 200 valence electrons. The second-order valence-corrected chi connectivity index (χ2v) is 10.6. The van der Waals surface area contributed by atoms with Crippen LogP contribution < -0.4 is 5.32 Å². The van der Waals surface area contributed by atoms with Gasteiger partial charge in [-0.3, -0.25) is 10.1 Å². The lowest BCUT2D eigenvalue weighted by atomic mass is 9.63. The maximum Gasteiger partial charge on any atom is 0.490 e. The normalized spacial score (nSPS) is 23.5. The molecule has 1 aliphatic rings. The van der Waals surface area contributed by atoms with Crippen LogP contribution >= 0.6 is 23.2 Å². The van der Waals surface area contributed by atoms with Gasteiger partial charge in [-0.2, -0.15) is 18.4 Å². The molecule has 1 saturated heterocycles. The Hall–Kier alpha value is -2.87. The number of benzene rings is 2. The van der Waals surface area contributed by atoms with Crippen molar-refractivity contribution < 1.29 is 37.4 Å². The van der Waals surface area contributed by atoms with Crippen molar-refractivity contribution in [3.63, 3.8) is 0 Å². The first-order valence-corrected chi connectivity index (χ1v) is 11.6. The molecule has 1 heterocycles. The molecular formula is C25H24Cl2F4N2O4. The molecule has 1 fully saturated rings. The van der Waals surface area contributed by atoms with Gasteiger partial charge in [0, 0.05) is 27.6 Å². The summed E-state index contributed by atoms with van der Waals surface area (Å²) in [5.74, 6) is -5.36. The van der Waals surface area contributed by atoms with E-state index in [0.717, 1.165) is 6.07 Å². The van der Waals surface area contributed by atoms with Gasteiger partial charge in [-0.05, 0) is 41.7 Å². The zero-order chi connectivity index (χ0) is 28.3. The van der Waals surface area contributed by atoms with Crippen LogP contribution in [0.2, 0.25) is 10.0 Å². The number of carbonyl (C=O) groups is 2. The number of carboxylic acids is 2. The number of hydrogen-bond acceptors (Lipinski definition) is 4. The monoisotopic (exact) mass is 562 g/mol. The van der Waals surface area contributed by atoms with E-state index in [1.165, 1.54) is 12.1 Å². The largest absolute Gasteiger partial charge is 0.490 e. The molecule has 37 heavy (non-hydrogen) atoms. The second kappa shape index (κ2) is 11.3. The average molecular weight is 563 g/mol. The highest BCUT2D eigenvalue weighted by Crippen LogP contribution is 2.52. The Morgan fingerprint density at radius 3 is 2.08 bits per heavy atom. The SMILES string of the molecule is CC(C)(C)C[C@@H]1N[C@@H](C(=O)O)[C@H](c2cccc(Cl)c2)[C@@]1(C#N)c1ccc(Cl)cc1F.O=C(O)C(F)(F)F. The van der Waals surface area contributed by atoms with Gasteiger partial charge in [-0.25, -0.2) is 9.18 Å². The first-order chi connectivity index (χ1) is 16.9. The van der Waals surface area contributed by atoms with Crippen LogP contribution in [0.15, 0.2) is 42.5 Å². The molecule has 0 saturated carbocycles. The summed E-state index contributed by atoms with van der Waals surface area (Å²) in [7, 11) is 0. The van der Waals surface area contributed by atoms with Crippen LogP contribution in [0.1, 0.15) is 44.2 Å². The Kier molecular flexibility index (Phi) is 9.23. The van der Waals surface area contributed by atoms with Gasteiger partial charge in [0.15, 0.2) is 0 Å². The number of nitrogens with zero attached hydrogens (tertiary/aromatic N) is 1. The zero-order valence-electron chi connectivity index (χ0n) is 19.9. The smallest absolute Gasteiger partial charge is 0.480 e. The Labute approximate surface area is 220 Å². The summed E-state index contributed by atoms with van der Waals surface area (Å²) in [5, 5.41) is 31.4. The van der Waals surface area contributed by atoms with Gasteiger partial charge in [0.2, 0.25) is 0 Å². The van der Waals surface area contributed by atoms with Crippen LogP contribution in [0.5, 0.6) is 0 Å². The number of aliphatic carboxylic acids is 2. The number of nitrogens with one attached hydrogen (secondary N) is 1. The van der Waals surface area contributed by atoms with Crippen molar-refractivity contribution in [1.29, 1.82) is 5.26 Å². The summed E-state index contributed by atoms with van der Waals surface area (Å²) in [4.78, 5) is 21.1. The molecule has 2 aromatic rings. The van der Waals surface area contributed by atoms with Crippen molar-refractivity contribution in [2.24, 2.45) is 5.41 Å². The number of nitriles is 1. The number of halogens is 6. The molecule has 0 radical (unpaired) electrons. The number of rotatable bonds is 4. The lowest BCUT2D eigenvalue weighted by Crippen LogP contribution is -2.44. The lowest BCUT2D eigenvalue weighted by Gasteiger charge is -2.37. The molecule has 0 aromatic heterocycles. The van der Waals surface area contributed by atoms with E-state index in [1.807, 2.05) is 20.8 Å². The predicted molar refractivity (Wildman–Crippen MR) is 129 cm³/mol. The molecule has 0 unspecified atom stereocenters. The van der Waals surface area contributed by atoms with Gasteiger partial charge in [-0.1, -0.05) is 62.2 Å². The molecule has 2 aromatic carbocycles. The Morgan fingerprint density at radius 2 is 1.65 bits per heavy atom. The van der Waals surface area contributed by atoms with E-state index in [9.17, 15) is 28.3 Å². The van der Waals surface area contributed by atoms with Gasteiger partial charge < -0.3 is 10.2 Å². The van der Waals surface area contributed by atoms with E-state index < -0.39 is 47.3 Å². The fourth-order valence-corrected chi connectivity index (χ4v) is 4.87. The minimum absolute atomic E-state index is 0.130. The van der Waals surface area contributed by atoms with E-state index in [-0.39, 0.29) is 16.0 Å². The lowest BCUT2D eigenvalue weighted by molar-refractivity contribution is -0.192. The van der Waals surface area contributed by atoms with E-state index in [2.05, 4.69) is 11.4 Å². The van der Waals surface area contributed by atoms with Crippen LogP contribution in [0.3, 0.4) is 0 Å². The minimum atomic E-state index is -5.08. The predicted octanol–water partition coefficient (Wildman–Crippen LogP) is 6.17. The molecule has 0 spiro atoms. The van der Waals surface area contributed by atoms with Crippen molar-refractivity contribution in [1.82, 2.24) is 5.32 Å². The van der Waals surface area contributed by atoms with Crippen LogP contribution in [0.25, 0.3) is 0 Å². The van der Waals surface area contributed by atoms with Gasteiger partial charge in [0.05, 0.1) is 6.07 Å². The molecular weight excluding hydrogens is 539 g/mol. The molecule has 0 aliphatic carbocycles. The Balaban J connectivity index is 0.000000604. The highest BCUT2D eigenvalue weighted by atomic mass is 35.5. The molecule has 0 bridgehead atoms. The van der Waals surface area contributed by atoms with Gasteiger partial charge in [0.25, 0.3) is 0 Å². The number of alkyl halides is 3. The van der Waals surface area contributed by atoms with Crippen LogP contribution in [0, 0.1) is 22.6 Å². The van der Waals surface area contributed by atoms with E-state index in [1.54, 1.807) is 24.3 Å². The van der Waals surface area contributed by atoms with Crippen molar-refractivity contribution in [3.05, 3.63) is 69.5 Å². The molecule has 0 amide bonds. The van der Waals surface area contributed by atoms with Gasteiger partial charge in [-0.15, -0.1) is 0 Å². The average Bonchev–Trinajstić information content (AvgIpc) is 3.07. The van der Waals surface area contributed by atoms with E-state index in [4.69, 9.17) is 33.1 Å². The van der Waals surface area contributed by atoms with E-state index in [0.29, 0.717) is 17.0 Å². The van der Waals surface area contributed by atoms with Crippen LogP contribution in [-0.2, 0) is 15.0 Å². The van der Waals surface area contributed by atoms with Crippen molar-refractivity contribution >= 4 is 35.1 Å². The molecule has 1 aliphatic heterocycles. The number of hydrogen-bond donors (Lipinski definition) is 3. The minimum Gasteiger partial charge on any atom is -0.480 e. The first kappa shape index (κ1) is 30.4. The summed E-state index contributed by atoms with van der Waals surface area (Å²) in [5.41, 5.74) is -1.02. The number of carboxylic acid groups (broad SMARTS) is 2. The molecule has 12 heteroatoms. The fraction of sp³-hybridized carbons (Fsp3) is 0.400. The maximum absolute atomic E-state index is 15.2. The second-order valence-electron chi connectivity index (χ2n) is 9.74. The van der Waals surface area contributed by atoms with Crippen LogP contribution in [0.4, 0.5) is 17.6 Å². The topological polar surface area (TPSA) is 110 Å². The van der Waals surface area contributed by atoms with Crippen LogP contribution in [-0.4, -0.2) is 40.4 Å². The fourth-order valence-electron chi connectivity index (χ4n) is 4.51. The molecule has 3 N–H and O–H groups in total. The molecule has 4 atom stereocenters. The summed E-state index contributed by atoms with van der Waals surface area (Å²) in [6.07, 6.45) is -4.62. The van der Waals surface area contributed by atoms with E-state index >= 15 is 4.39 Å². The summed E-state index contributed by atoms with van der Waals surface area (Å²) < 4.78 is 46.9. The van der Waals surface area contributed by atoms with Crippen molar-refractivity contribution in [3.8, 4) is 6.07 Å². The van der Waals surface area contributed by atoms with Gasteiger partial charge >= 0.3 is 18.1 Å². The third kappa shape index (κ3) is 6.92. The highest BCUT2D eigenvalue weighted by molar-refractivity contribution is 6.30. The summed E-state index contributed by atoms with van der Waals surface area (Å²) in [6, 6.07) is 11.5. The Bertz CT molecular complexity index is 1210. The standard InChI is InChI=1S/C23H23Cl2FN2O2.C2HF3O2/c1-22(2,3)11-18-23(12-27,16-8-7-15(25)10-17(16)26)19(20(28-18)21(29)30)13-5-4-6-14(24)9-13;3-2(4,5)1(6)7/h4-10,18-20,28H,11H2,1-3H3,(H,29,30);(H,6,7)/t18-,19-,20+,23-;/m0./s1. The molecule has 6 nitrogen and oxygen atoms in total. The zero-order valence-corrected chi connectivity index (χ0v) is 21.4. The van der Waals surface area contributed by atoms with Gasteiger partial charge in [0.1, 0.15) is 17.3 Å². The van der Waals surface area contributed by atoms with Crippen molar-refractivity contribution in [2.75, 3.05) is 0 Å². The Morgan fingerprint density at radius 1 is 1.08 bits per heavy atom. The highest BCUT2D eigenvalue weighted by Gasteiger charge is 2.60. The first-order valence-electron chi connectivity index (χ1n) is 10.8. The quantitative estimate of drug-likeness (QED) is 0.384. The summed E-state index contributed by atoms with van der Waals surface area (Å²) in [6.45, 7) is 5.99. The maximum atomic E-state index is 15.2.